The zero-order chi connectivity index (χ0) is 20.9. The standard InChI is InChI=1S/C25H27FN2O2/c26-22-11-9-19(10-12-22)18-28-15-5-4-8-23(25(28)30)20-13-16-27(17-14-20)24(29)21-6-2-1-3-7-21/h1-7,9-12,20,23H,8,13-18H2/t23-/m1/s1. The van der Waals surface area contributed by atoms with Gasteiger partial charge in [-0.15, -0.1) is 0 Å². The molecule has 0 unspecified atom stereocenters. The Morgan fingerprint density at radius 3 is 2.37 bits per heavy atom. The van der Waals surface area contributed by atoms with Gasteiger partial charge in [0.15, 0.2) is 0 Å². The molecule has 2 amide bonds. The second-order valence-electron chi connectivity index (χ2n) is 8.15. The van der Waals surface area contributed by atoms with Crippen LogP contribution in [0.15, 0.2) is 66.7 Å². The third kappa shape index (κ3) is 4.61. The number of carbonyl (C=O) groups excluding carboxylic acids is 2. The van der Waals surface area contributed by atoms with Crippen LogP contribution >= 0.6 is 0 Å². The van der Waals surface area contributed by atoms with Crippen LogP contribution in [0.25, 0.3) is 0 Å². The van der Waals surface area contributed by atoms with Crippen molar-refractivity contribution in [2.45, 2.75) is 25.8 Å². The van der Waals surface area contributed by atoms with Crippen molar-refractivity contribution in [2.75, 3.05) is 19.6 Å². The fourth-order valence-electron chi connectivity index (χ4n) is 4.48. The van der Waals surface area contributed by atoms with Crippen LogP contribution in [-0.2, 0) is 11.3 Å². The molecular formula is C25H27FN2O2. The summed E-state index contributed by atoms with van der Waals surface area (Å²) in [5, 5.41) is 0. The molecule has 30 heavy (non-hydrogen) atoms. The molecule has 4 rings (SSSR count). The van der Waals surface area contributed by atoms with E-state index < -0.39 is 0 Å². The molecule has 0 N–H and O–H groups in total. The molecule has 2 aliphatic heterocycles. The van der Waals surface area contributed by atoms with Gasteiger partial charge in [-0.05, 0) is 55.0 Å². The van der Waals surface area contributed by atoms with Gasteiger partial charge in [-0.2, -0.15) is 0 Å². The van der Waals surface area contributed by atoms with Crippen LogP contribution in [0.5, 0.6) is 0 Å². The molecular weight excluding hydrogens is 379 g/mol. The number of likely N-dealkylation sites (tertiary alicyclic amines) is 1. The smallest absolute Gasteiger partial charge is 0.253 e. The van der Waals surface area contributed by atoms with Crippen LogP contribution < -0.4 is 0 Å². The van der Waals surface area contributed by atoms with Crippen LogP contribution in [0.4, 0.5) is 4.39 Å². The summed E-state index contributed by atoms with van der Waals surface area (Å²) >= 11 is 0. The molecule has 2 heterocycles. The van der Waals surface area contributed by atoms with E-state index in [-0.39, 0.29) is 29.5 Å². The molecule has 2 aromatic rings. The second kappa shape index (κ2) is 9.24. The molecule has 1 saturated heterocycles. The Morgan fingerprint density at radius 1 is 0.967 bits per heavy atom. The summed E-state index contributed by atoms with van der Waals surface area (Å²) in [6.07, 6.45) is 6.58. The molecule has 4 nitrogen and oxygen atoms in total. The Bertz CT molecular complexity index is 903. The SMILES string of the molecule is O=C(c1ccccc1)N1CCC([C@H]2CC=CCN(Cc3ccc(F)cc3)C2=O)CC1. The summed E-state index contributed by atoms with van der Waals surface area (Å²) in [5.74, 6) is 0.181. The second-order valence-corrected chi connectivity index (χ2v) is 8.15. The topological polar surface area (TPSA) is 40.6 Å². The van der Waals surface area contributed by atoms with Crippen LogP contribution in [0.1, 0.15) is 35.2 Å². The van der Waals surface area contributed by atoms with Gasteiger partial charge in [0.2, 0.25) is 5.91 Å². The Morgan fingerprint density at radius 2 is 1.67 bits per heavy atom. The monoisotopic (exact) mass is 406 g/mol. The summed E-state index contributed by atoms with van der Waals surface area (Å²) in [5.41, 5.74) is 1.65. The highest BCUT2D eigenvalue weighted by Gasteiger charge is 2.35. The number of hydrogen-bond acceptors (Lipinski definition) is 2. The van der Waals surface area contributed by atoms with E-state index in [1.165, 1.54) is 12.1 Å². The predicted molar refractivity (Wildman–Crippen MR) is 114 cm³/mol. The van der Waals surface area contributed by atoms with Crippen LogP contribution in [0.3, 0.4) is 0 Å². The third-order valence-electron chi connectivity index (χ3n) is 6.21. The summed E-state index contributed by atoms with van der Waals surface area (Å²) < 4.78 is 13.2. The van der Waals surface area contributed by atoms with Crippen molar-refractivity contribution in [1.29, 1.82) is 0 Å². The fraction of sp³-hybridized carbons (Fsp3) is 0.360. The molecule has 1 atom stereocenters. The number of carbonyl (C=O) groups is 2. The van der Waals surface area contributed by atoms with E-state index in [0.717, 1.165) is 30.4 Å². The molecule has 5 heteroatoms. The Hall–Kier alpha value is -2.95. The zero-order valence-electron chi connectivity index (χ0n) is 17.0. The first-order valence-electron chi connectivity index (χ1n) is 10.6. The third-order valence-corrected chi connectivity index (χ3v) is 6.21. The van der Waals surface area contributed by atoms with Crippen molar-refractivity contribution < 1.29 is 14.0 Å². The molecule has 0 spiro atoms. The van der Waals surface area contributed by atoms with Gasteiger partial charge in [-0.25, -0.2) is 4.39 Å². The fourth-order valence-corrected chi connectivity index (χ4v) is 4.48. The molecule has 156 valence electrons. The number of rotatable bonds is 4. The van der Waals surface area contributed by atoms with Gasteiger partial charge in [0, 0.05) is 37.7 Å². The molecule has 2 aliphatic rings. The van der Waals surface area contributed by atoms with Crippen LogP contribution in [0.2, 0.25) is 0 Å². The first-order chi connectivity index (χ1) is 14.6. The lowest BCUT2D eigenvalue weighted by atomic mass is 9.81. The quantitative estimate of drug-likeness (QED) is 0.711. The number of nitrogens with zero attached hydrogens (tertiary/aromatic N) is 2. The van der Waals surface area contributed by atoms with Gasteiger partial charge in [-0.1, -0.05) is 42.5 Å². The number of amides is 2. The van der Waals surface area contributed by atoms with Crippen molar-refractivity contribution in [3.8, 4) is 0 Å². The van der Waals surface area contributed by atoms with E-state index >= 15 is 0 Å². The van der Waals surface area contributed by atoms with Gasteiger partial charge >= 0.3 is 0 Å². The summed E-state index contributed by atoms with van der Waals surface area (Å²) in [6, 6.07) is 15.7. The van der Waals surface area contributed by atoms with Crippen LogP contribution in [-0.4, -0.2) is 41.2 Å². The first kappa shape index (κ1) is 20.3. The van der Waals surface area contributed by atoms with Gasteiger partial charge in [0.25, 0.3) is 5.91 Å². The van der Waals surface area contributed by atoms with Gasteiger partial charge in [-0.3, -0.25) is 9.59 Å². The van der Waals surface area contributed by atoms with Crippen molar-refractivity contribution >= 4 is 11.8 Å². The lowest BCUT2D eigenvalue weighted by Gasteiger charge is -2.36. The van der Waals surface area contributed by atoms with E-state index in [2.05, 4.69) is 12.2 Å². The van der Waals surface area contributed by atoms with Gasteiger partial charge in [0.1, 0.15) is 5.82 Å². The average Bonchev–Trinajstić information content (AvgIpc) is 2.97. The van der Waals surface area contributed by atoms with E-state index in [1.54, 1.807) is 12.1 Å². The maximum Gasteiger partial charge on any atom is 0.253 e. The Balaban J connectivity index is 1.38. The van der Waals surface area contributed by atoms with Gasteiger partial charge < -0.3 is 9.80 Å². The molecule has 0 radical (unpaired) electrons. The normalized spacial score (nSPS) is 20.3. The lowest BCUT2D eigenvalue weighted by Crippen LogP contribution is -2.44. The van der Waals surface area contributed by atoms with Crippen molar-refractivity contribution in [3.05, 3.63) is 83.7 Å². The Kier molecular flexibility index (Phi) is 6.26. The molecule has 0 aliphatic carbocycles. The van der Waals surface area contributed by atoms with Crippen LogP contribution in [0, 0.1) is 17.7 Å². The highest BCUT2D eigenvalue weighted by atomic mass is 19.1. The zero-order valence-corrected chi connectivity index (χ0v) is 17.0. The maximum atomic E-state index is 13.3. The summed E-state index contributed by atoms with van der Waals surface area (Å²) in [4.78, 5) is 29.7. The van der Waals surface area contributed by atoms with E-state index in [1.807, 2.05) is 40.1 Å². The minimum Gasteiger partial charge on any atom is -0.339 e. The number of hydrogen-bond donors (Lipinski definition) is 0. The van der Waals surface area contributed by atoms with Crippen molar-refractivity contribution in [1.82, 2.24) is 9.80 Å². The average molecular weight is 407 g/mol. The lowest BCUT2D eigenvalue weighted by molar-refractivity contribution is -0.137. The number of allylic oxidation sites excluding steroid dienone is 1. The largest absolute Gasteiger partial charge is 0.339 e. The highest BCUT2D eigenvalue weighted by molar-refractivity contribution is 5.94. The van der Waals surface area contributed by atoms with Crippen molar-refractivity contribution in [3.63, 3.8) is 0 Å². The number of halogens is 1. The minimum atomic E-state index is -0.268. The van der Waals surface area contributed by atoms with E-state index in [0.29, 0.717) is 26.2 Å². The Labute approximate surface area is 177 Å². The van der Waals surface area contributed by atoms with Crippen molar-refractivity contribution in [2.24, 2.45) is 11.8 Å². The van der Waals surface area contributed by atoms with E-state index in [9.17, 15) is 14.0 Å². The molecule has 0 aromatic heterocycles. The minimum absolute atomic E-state index is 0.0572. The maximum absolute atomic E-state index is 13.3. The molecule has 0 bridgehead atoms. The number of piperidine rings is 1. The number of benzene rings is 2. The molecule has 1 fully saturated rings. The van der Waals surface area contributed by atoms with E-state index in [4.69, 9.17) is 0 Å². The summed E-state index contributed by atoms with van der Waals surface area (Å²) in [7, 11) is 0. The van der Waals surface area contributed by atoms with Gasteiger partial charge in [0.05, 0.1) is 0 Å². The molecule has 0 saturated carbocycles. The predicted octanol–water partition coefficient (Wildman–Crippen LogP) is 4.28. The summed E-state index contributed by atoms with van der Waals surface area (Å²) in [6.45, 7) is 2.44. The highest BCUT2D eigenvalue weighted by Crippen LogP contribution is 2.31. The molecule has 2 aromatic carbocycles. The first-order valence-corrected chi connectivity index (χ1v) is 10.6.